The second-order valence-electron chi connectivity index (χ2n) is 9.72. The fraction of sp³-hybridized carbons (Fsp3) is 0.720. The first kappa shape index (κ1) is 19.8. The summed E-state index contributed by atoms with van der Waals surface area (Å²) in [4.78, 5) is 12.6. The van der Waals surface area contributed by atoms with Crippen LogP contribution in [0.2, 0.25) is 0 Å². The Morgan fingerprint density at radius 2 is 1.29 bits per heavy atom. The van der Waals surface area contributed by atoms with Crippen molar-refractivity contribution in [3.63, 3.8) is 0 Å². The molecule has 0 aromatic heterocycles. The molecule has 0 saturated heterocycles. The maximum Gasteiger partial charge on any atom is 0.314 e. The van der Waals surface area contributed by atoms with Crippen LogP contribution in [0.15, 0.2) is 24.3 Å². The molecule has 3 nitrogen and oxygen atoms in total. The zero-order valence-corrected chi connectivity index (χ0v) is 17.6. The highest BCUT2D eigenvalue weighted by atomic mass is 16.5. The van der Waals surface area contributed by atoms with Crippen LogP contribution in [0.5, 0.6) is 11.5 Å². The zero-order valence-electron chi connectivity index (χ0n) is 17.6. The van der Waals surface area contributed by atoms with E-state index < -0.39 is 0 Å². The Kier molecular flexibility index (Phi) is 6.28. The van der Waals surface area contributed by atoms with Gasteiger partial charge in [-0.15, -0.1) is 0 Å². The van der Waals surface area contributed by atoms with Crippen LogP contribution >= 0.6 is 0 Å². The lowest BCUT2D eigenvalue weighted by atomic mass is 9.61. The third-order valence-corrected chi connectivity index (χ3v) is 7.97. The molecule has 0 radical (unpaired) electrons. The minimum Gasteiger partial charge on any atom is -0.497 e. The molecule has 3 heteroatoms. The average molecular weight is 385 g/mol. The third kappa shape index (κ3) is 4.55. The number of hydrogen-bond acceptors (Lipinski definition) is 3. The van der Waals surface area contributed by atoms with Crippen LogP contribution in [0, 0.1) is 35.5 Å². The first-order chi connectivity index (χ1) is 13.6. The molecule has 0 heterocycles. The quantitative estimate of drug-likeness (QED) is 0.454. The van der Waals surface area contributed by atoms with Crippen molar-refractivity contribution >= 4 is 5.97 Å². The predicted molar refractivity (Wildman–Crippen MR) is 111 cm³/mol. The van der Waals surface area contributed by atoms with Crippen LogP contribution in [-0.2, 0) is 4.79 Å². The van der Waals surface area contributed by atoms with Gasteiger partial charge in [0, 0.05) is 0 Å². The highest BCUT2D eigenvalue weighted by Crippen LogP contribution is 2.49. The average Bonchev–Trinajstić information content (AvgIpc) is 2.74. The molecule has 0 amide bonds. The fourth-order valence-corrected chi connectivity index (χ4v) is 6.26. The highest BCUT2D eigenvalue weighted by Gasteiger charge is 2.38. The van der Waals surface area contributed by atoms with Gasteiger partial charge in [0.05, 0.1) is 13.0 Å². The van der Waals surface area contributed by atoms with E-state index in [1.165, 1.54) is 51.4 Å². The minimum absolute atomic E-state index is 0.0476. The Hall–Kier alpha value is -1.51. The van der Waals surface area contributed by atoms with Crippen molar-refractivity contribution in [3.8, 4) is 11.5 Å². The molecule has 1 aromatic rings. The fourth-order valence-electron chi connectivity index (χ4n) is 6.26. The van der Waals surface area contributed by atoms with Crippen LogP contribution in [0.1, 0.15) is 71.1 Å². The van der Waals surface area contributed by atoms with Gasteiger partial charge in [0.2, 0.25) is 0 Å². The van der Waals surface area contributed by atoms with E-state index in [4.69, 9.17) is 9.47 Å². The zero-order chi connectivity index (χ0) is 19.5. The van der Waals surface area contributed by atoms with Gasteiger partial charge in [-0.2, -0.15) is 0 Å². The van der Waals surface area contributed by atoms with Gasteiger partial charge < -0.3 is 9.47 Å². The topological polar surface area (TPSA) is 35.5 Å². The number of rotatable bonds is 4. The number of benzene rings is 1. The summed E-state index contributed by atoms with van der Waals surface area (Å²) >= 11 is 0. The Labute approximate surface area is 170 Å². The maximum atomic E-state index is 12.6. The molecular weight excluding hydrogens is 348 g/mol. The van der Waals surface area contributed by atoms with Crippen molar-refractivity contribution in [2.75, 3.05) is 7.11 Å². The molecule has 1 aromatic carbocycles. The standard InChI is InChI=1S/C25H36O3/c1-17-3-4-22-16-21(10-9-20(22)15-17)18-5-7-19(8-6-18)25(26)28-24-13-11-23(27-2)12-14-24/h11-14,17-22H,3-10,15-16H2,1-2H3. The molecule has 154 valence electrons. The summed E-state index contributed by atoms with van der Waals surface area (Å²) in [7, 11) is 1.64. The number of esters is 1. The first-order valence-electron chi connectivity index (χ1n) is 11.5. The second-order valence-corrected chi connectivity index (χ2v) is 9.72. The molecule has 3 saturated carbocycles. The van der Waals surface area contributed by atoms with Gasteiger partial charge >= 0.3 is 5.97 Å². The molecule has 0 aliphatic heterocycles. The maximum absolute atomic E-state index is 12.6. The lowest BCUT2D eigenvalue weighted by Gasteiger charge is -2.44. The summed E-state index contributed by atoms with van der Waals surface area (Å²) in [6, 6.07) is 7.29. The molecule has 0 spiro atoms. The molecular formula is C25H36O3. The van der Waals surface area contributed by atoms with Crippen molar-refractivity contribution in [1.82, 2.24) is 0 Å². The summed E-state index contributed by atoms with van der Waals surface area (Å²) in [5, 5.41) is 0. The summed E-state index contributed by atoms with van der Waals surface area (Å²) in [6.45, 7) is 2.44. The van der Waals surface area contributed by atoms with E-state index in [1.54, 1.807) is 7.11 Å². The van der Waals surface area contributed by atoms with E-state index in [1.807, 2.05) is 24.3 Å². The van der Waals surface area contributed by atoms with E-state index in [2.05, 4.69) is 6.92 Å². The molecule has 3 fully saturated rings. The minimum atomic E-state index is -0.0476. The first-order valence-corrected chi connectivity index (χ1v) is 11.5. The van der Waals surface area contributed by atoms with E-state index >= 15 is 0 Å². The number of methoxy groups -OCH3 is 1. The van der Waals surface area contributed by atoms with Crippen LogP contribution < -0.4 is 9.47 Å². The predicted octanol–water partition coefficient (Wildman–Crippen LogP) is 6.26. The normalized spacial score (nSPS) is 35.6. The molecule has 4 rings (SSSR count). The van der Waals surface area contributed by atoms with Crippen LogP contribution in [-0.4, -0.2) is 13.1 Å². The van der Waals surface area contributed by atoms with E-state index in [0.717, 1.165) is 48.2 Å². The molecule has 0 N–H and O–H groups in total. The lowest BCUT2D eigenvalue weighted by Crippen LogP contribution is -2.35. The van der Waals surface area contributed by atoms with Gasteiger partial charge in [-0.1, -0.05) is 13.3 Å². The molecule has 3 aliphatic rings. The van der Waals surface area contributed by atoms with E-state index in [-0.39, 0.29) is 11.9 Å². The van der Waals surface area contributed by atoms with Gasteiger partial charge in [0.1, 0.15) is 11.5 Å². The van der Waals surface area contributed by atoms with Crippen molar-refractivity contribution < 1.29 is 14.3 Å². The Morgan fingerprint density at radius 3 is 1.96 bits per heavy atom. The smallest absolute Gasteiger partial charge is 0.314 e. The monoisotopic (exact) mass is 384 g/mol. The molecule has 0 bridgehead atoms. The van der Waals surface area contributed by atoms with Crippen LogP contribution in [0.4, 0.5) is 0 Å². The second kappa shape index (κ2) is 8.88. The molecule has 3 aliphatic carbocycles. The number of hydrogen-bond donors (Lipinski definition) is 0. The number of fused-ring (bicyclic) bond motifs is 1. The molecule has 28 heavy (non-hydrogen) atoms. The van der Waals surface area contributed by atoms with Gasteiger partial charge in [0.25, 0.3) is 0 Å². The Balaban J connectivity index is 1.24. The molecule has 4 atom stereocenters. The third-order valence-electron chi connectivity index (χ3n) is 7.97. The number of carbonyl (C=O) groups excluding carboxylic acids is 1. The summed E-state index contributed by atoms with van der Waals surface area (Å²) in [6.07, 6.45) is 13.1. The largest absolute Gasteiger partial charge is 0.497 e. The Bertz CT molecular complexity index is 644. The van der Waals surface area contributed by atoms with E-state index in [9.17, 15) is 4.79 Å². The summed E-state index contributed by atoms with van der Waals surface area (Å²) in [5.41, 5.74) is 0. The van der Waals surface area contributed by atoms with Crippen molar-refractivity contribution in [2.24, 2.45) is 35.5 Å². The van der Waals surface area contributed by atoms with Crippen LogP contribution in [0.3, 0.4) is 0 Å². The van der Waals surface area contributed by atoms with Crippen molar-refractivity contribution in [3.05, 3.63) is 24.3 Å². The van der Waals surface area contributed by atoms with Gasteiger partial charge in [-0.25, -0.2) is 0 Å². The Morgan fingerprint density at radius 1 is 0.750 bits per heavy atom. The van der Waals surface area contributed by atoms with Crippen molar-refractivity contribution in [1.29, 1.82) is 0 Å². The van der Waals surface area contributed by atoms with Gasteiger partial charge in [0.15, 0.2) is 0 Å². The SMILES string of the molecule is COc1ccc(OC(=O)C2CCC(C3CCC4CC(C)CCC4C3)CC2)cc1. The summed E-state index contributed by atoms with van der Waals surface area (Å²) in [5.74, 6) is 6.13. The van der Waals surface area contributed by atoms with Crippen LogP contribution in [0.25, 0.3) is 0 Å². The van der Waals surface area contributed by atoms with E-state index in [0.29, 0.717) is 5.75 Å². The molecule has 4 unspecified atom stereocenters. The lowest BCUT2D eigenvalue weighted by molar-refractivity contribution is -0.140. The van der Waals surface area contributed by atoms with Crippen molar-refractivity contribution in [2.45, 2.75) is 71.1 Å². The van der Waals surface area contributed by atoms with Gasteiger partial charge in [-0.3, -0.25) is 4.79 Å². The summed E-state index contributed by atoms with van der Waals surface area (Å²) < 4.78 is 10.8. The highest BCUT2D eigenvalue weighted by molar-refractivity contribution is 5.75. The number of ether oxygens (including phenoxy) is 2. The van der Waals surface area contributed by atoms with Gasteiger partial charge in [-0.05, 0) is 112 Å². The number of carbonyl (C=O) groups is 1.